The fraction of sp³-hybridized carbons (Fsp3) is 0.774. The molecule has 1 aromatic rings. The minimum absolute atomic E-state index is 0.0574. The van der Waals surface area contributed by atoms with Crippen LogP contribution >= 0.6 is 7.82 Å². The van der Waals surface area contributed by atoms with Crippen LogP contribution in [0.15, 0.2) is 24.3 Å². The molecule has 1 unspecified atom stereocenters. The number of hydrogen-bond donors (Lipinski definition) is 1. The second-order valence-electron chi connectivity index (χ2n) is 11.9. The van der Waals surface area contributed by atoms with Crippen LogP contribution in [0.5, 0.6) is 0 Å². The van der Waals surface area contributed by atoms with Gasteiger partial charge in [-0.1, -0.05) is 128 Å². The maximum Gasteiger partial charge on any atom is 0.493 e. The van der Waals surface area contributed by atoms with Gasteiger partial charge in [0.25, 0.3) is 0 Å². The SMILES string of the molecule is [CH2+]COP(=O)(O)OCCCCCCCCCCCCCCCCCCc1ccc(B2OCC(C)(C)CO2)cc1. The molecule has 0 amide bonds. The molecule has 1 N–H and O–H groups in total. The van der Waals surface area contributed by atoms with E-state index in [9.17, 15) is 9.46 Å². The first-order chi connectivity index (χ1) is 18.8. The van der Waals surface area contributed by atoms with E-state index in [4.69, 9.17) is 13.8 Å². The van der Waals surface area contributed by atoms with Crippen molar-refractivity contribution < 1.29 is 27.8 Å². The predicted octanol–water partition coefficient (Wildman–Crippen LogP) is 8.21. The second-order valence-corrected chi connectivity index (χ2v) is 13.4. The average Bonchev–Trinajstić information content (AvgIpc) is 2.90. The fourth-order valence-electron chi connectivity index (χ4n) is 4.96. The number of unbranched alkanes of at least 4 members (excludes halogenated alkanes) is 15. The van der Waals surface area contributed by atoms with Gasteiger partial charge in [0.05, 0.1) is 13.5 Å². The van der Waals surface area contributed by atoms with E-state index in [0.29, 0.717) is 0 Å². The molecule has 1 saturated heterocycles. The summed E-state index contributed by atoms with van der Waals surface area (Å²) in [6.45, 7) is 9.43. The van der Waals surface area contributed by atoms with Gasteiger partial charge in [0.2, 0.25) is 0 Å². The van der Waals surface area contributed by atoms with Crippen molar-refractivity contribution in [2.24, 2.45) is 5.41 Å². The van der Waals surface area contributed by atoms with Crippen LogP contribution in [0.1, 0.15) is 122 Å². The largest absolute Gasteiger partial charge is 0.493 e. The maximum atomic E-state index is 11.4. The van der Waals surface area contributed by atoms with Crippen molar-refractivity contribution in [2.75, 3.05) is 26.4 Å². The molecule has 1 heterocycles. The summed E-state index contributed by atoms with van der Waals surface area (Å²) in [5.74, 6) is 0. The van der Waals surface area contributed by atoms with Crippen LogP contribution in [0.4, 0.5) is 0 Å². The quantitative estimate of drug-likeness (QED) is 0.0624. The van der Waals surface area contributed by atoms with Crippen molar-refractivity contribution in [3.05, 3.63) is 36.8 Å². The van der Waals surface area contributed by atoms with E-state index in [1.54, 1.807) is 0 Å². The molecule has 222 valence electrons. The van der Waals surface area contributed by atoms with Gasteiger partial charge in [0.15, 0.2) is 6.61 Å². The molecule has 1 atom stereocenters. The molecule has 1 aliphatic heterocycles. The highest BCUT2D eigenvalue weighted by Crippen LogP contribution is 2.42. The van der Waals surface area contributed by atoms with Gasteiger partial charge in [0, 0.05) is 18.6 Å². The summed E-state index contributed by atoms with van der Waals surface area (Å²) >= 11 is 0. The molecule has 0 radical (unpaired) electrons. The van der Waals surface area contributed by atoms with Gasteiger partial charge < -0.3 is 14.2 Å². The summed E-state index contributed by atoms with van der Waals surface area (Å²) in [5, 5.41) is 0. The van der Waals surface area contributed by atoms with E-state index >= 15 is 0 Å². The summed E-state index contributed by atoms with van der Waals surface area (Å²) in [7, 11) is -4.08. The van der Waals surface area contributed by atoms with Crippen LogP contribution in [0, 0.1) is 12.3 Å². The fourth-order valence-corrected chi connectivity index (χ4v) is 5.63. The van der Waals surface area contributed by atoms with Crippen molar-refractivity contribution in [3.8, 4) is 0 Å². The smallest absolute Gasteiger partial charge is 0.407 e. The standard InChI is InChI=1S/C31H54BO6P/c1-4-37-39(33,34)38-26-20-18-16-14-12-10-8-6-5-7-9-11-13-15-17-19-21-29-22-24-30(25-23-29)32-35-27-31(2,3)28-36-32/h22-25H,1,4-21,26-28H2,2-3H3/p+1. The van der Waals surface area contributed by atoms with Crippen molar-refractivity contribution >= 4 is 20.4 Å². The first-order valence-corrected chi connectivity index (χ1v) is 17.0. The Morgan fingerprint density at radius 2 is 1.21 bits per heavy atom. The number of phosphoric ester groups is 1. The lowest BCUT2D eigenvalue weighted by atomic mass is 9.75. The van der Waals surface area contributed by atoms with Crippen LogP contribution in [0.3, 0.4) is 0 Å². The van der Waals surface area contributed by atoms with Crippen LogP contribution in [-0.4, -0.2) is 38.4 Å². The van der Waals surface area contributed by atoms with Gasteiger partial charge in [-0.25, -0.2) is 9.09 Å². The number of rotatable bonds is 23. The lowest BCUT2D eigenvalue weighted by Gasteiger charge is -2.33. The Balaban J connectivity index is 1.30. The zero-order chi connectivity index (χ0) is 28.2. The van der Waals surface area contributed by atoms with Gasteiger partial charge in [-0.05, 0) is 30.3 Å². The van der Waals surface area contributed by atoms with Gasteiger partial charge in [-0.15, -0.1) is 0 Å². The summed E-state index contributed by atoms with van der Waals surface area (Å²) in [4.78, 5) is 9.30. The average molecular weight is 566 g/mol. The van der Waals surface area contributed by atoms with Crippen molar-refractivity contribution in [1.82, 2.24) is 0 Å². The minimum atomic E-state index is -3.87. The Hall–Kier alpha value is -0.815. The Morgan fingerprint density at radius 1 is 0.769 bits per heavy atom. The summed E-state index contributed by atoms with van der Waals surface area (Å²) in [6.07, 6.45) is 21.5. The van der Waals surface area contributed by atoms with Gasteiger partial charge in [-0.3, -0.25) is 4.52 Å². The Labute approximate surface area is 239 Å². The molecule has 6 nitrogen and oxygen atoms in total. The molecule has 0 spiro atoms. The zero-order valence-electron chi connectivity index (χ0n) is 24.9. The van der Waals surface area contributed by atoms with Gasteiger partial charge >= 0.3 is 14.9 Å². The molecule has 0 saturated carbocycles. The van der Waals surface area contributed by atoms with E-state index in [-0.39, 0.29) is 25.7 Å². The third kappa shape index (κ3) is 16.9. The Kier molecular flexibility index (Phi) is 17.7. The van der Waals surface area contributed by atoms with Gasteiger partial charge in [0.1, 0.15) is 0 Å². The molecule has 39 heavy (non-hydrogen) atoms. The van der Waals surface area contributed by atoms with Crippen molar-refractivity contribution in [2.45, 2.75) is 123 Å². The number of phosphoric acid groups is 1. The number of aryl methyl sites for hydroxylation is 1. The Bertz CT molecular complexity index is 778. The molecule has 0 aliphatic carbocycles. The zero-order valence-corrected chi connectivity index (χ0v) is 25.8. The van der Waals surface area contributed by atoms with Crippen molar-refractivity contribution in [1.29, 1.82) is 0 Å². The first kappa shape index (κ1) is 34.4. The van der Waals surface area contributed by atoms with Gasteiger partial charge in [-0.2, -0.15) is 0 Å². The van der Waals surface area contributed by atoms with E-state index < -0.39 is 7.82 Å². The first-order valence-electron chi connectivity index (χ1n) is 15.5. The van der Waals surface area contributed by atoms with Crippen LogP contribution < -0.4 is 5.46 Å². The Morgan fingerprint density at radius 3 is 1.67 bits per heavy atom. The van der Waals surface area contributed by atoms with Crippen LogP contribution in [-0.2, 0) is 29.3 Å². The number of hydrogen-bond acceptors (Lipinski definition) is 5. The molecule has 1 aliphatic rings. The van der Waals surface area contributed by atoms with E-state index in [0.717, 1.165) is 44.4 Å². The van der Waals surface area contributed by atoms with E-state index in [1.165, 1.54) is 89.0 Å². The van der Waals surface area contributed by atoms with Crippen LogP contribution in [0.25, 0.3) is 0 Å². The minimum Gasteiger partial charge on any atom is -0.407 e. The third-order valence-corrected chi connectivity index (χ3v) is 8.39. The highest BCUT2D eigenvalue weighted by molar-refractivity contribution is 7.47. The molecular formula is C31H55BO6P+. The molecule has 0 aromatic heterocycles. The lowest BCUT2D eigenvalue weighted by Crippen LogP contribution is -2.47. The highest BCUT2D eigenvalue weighted by atomic mass is 31.2. The topological polar surface area (TPSA) is 74.2 Å². The van der Waals surface area contributed by atoms with Crippen LogP contribution in [0.2, 0.25) is 0 Å². The molecule has 0 bridgehead atoms. The normalized spacial score (nSPS) is 16.8. The van der Waals surface area contributed by atoms with E-state index in [2.05, 4.69) is 49.6 Å². The third-order valence-electron chi connectivity index (χ3n) is 7.37. The second kappa shape index (κ2) is 20.1. The summed E-state index contributed by atoms with van der Waals surface area (Å²) in [5.41, 5.74) is 2.65. The predicted molar refractivity (Wildman–Crippen MR) is 162 cm³/mol. The molecule has 2 rings (SSSR count). The summed E-state index contributed by atoms with van der Waals surface area (Å²) in [6, 6.07) is 8.81. The lowest BCUT2D eigenvalue weighted by molar-refractivity contribution is 0.0343. The molecule has 1 fully saturated rings. The summed E-state index contributed by atoms with van der Waals surface area (Å²) < 4.78 is 32.6. The number of benzene rings is 1. The maximum absolute atomic E-state index is 11.4. The monoisotopic (exact) mass is 565 g/mol. The molecular weight excluding hydrogens is 510 g/mol. The highest BCUT2D eigenvalue weighted by Gasteiger charge is 2.33. The van der Waals surface area contributed by atoms with Crippen molar-refractivity contribution in [3.63, 3.8) is 0 Å². The van der Waals surface area contributed by atoms with E-state index in [1.807, 2.05) is 0 Å². The molecule has 8 heteroatoms. The molecule has 1 aromatic carbocycles.